The topological polar surface area (TPSA) is 69.9 Å². The zero-order chi connectivity index (χ0) is 9.26. The van der Waals surface area contributed by atoms with E-state index in [0.29, 0.717) is 11.7 Å². The summed E-state index contributed by atoms with van der Waals surface area (Å²) in [7, 11) is 1.94. The fraction of sp³-hybridized carbons (Fsp3) is 0.250. The Labute approximate surface area is 75.2 Å². The Kier molecular flexibility index (Phi) is 1.86. The number of nitrogens with two attached hydrogens (primary N) is 1. The Morgan fingerprint density at radius 3 is 3.00 bits per heavy atom. The molecule has 0 bridgehead atoms. The van der Waals surface area contributed by atoms with Crippen molar-refractivity contribution in [1.29, 1.82) is 0 Å². The van der Waals surface area contributed by atoms with Crippen molar-refractivity contribution in [2.24, 2.45) is 12.8 Å². The van der Waals surface area contributed by atoms with Crippen LogP contribution in [0.4, 0.5) is 0 Å². The molecule has 0 spiro atoms. The van der Waals surface area contributed by atoms with Crippen LogP contribution in [0.3, 0.4) is 0 Å². The number of nitrogens with zero attached hydrogens (tertiary/aromatic N) is 3. The Balaban J connectivity index is 2.35. The third kappa shape index (κ3) is 1.46. The third-order valence-electron chi connectivity index (χ3n) is 1.73. The summed E-state index contributed by atoms with van der Waals surface area (Å²) in [6.07, 6.45) is 3.85. The zero-order valence-corrected chi connectivity index (χ0v) is 7.27. The molecule has 0 aliphatic heterocycles. The number of aryl methyl sites for hydroxylation is 1. The predicted octanol–water partition coefficient (Wildman–Crippen LogP) is 0.534. The summed E-state index contributed by atoms with van der Waals surface area (Å²) in [5, 5.41) is 3.79. The first kappa shape index (κ1) is 8.00. The third-order valence-corrected chi connectivity index (χ3v) is 1.73. The molecule has 13 heavy (non-hydrogen) atoms. The molecule has 2 N–H and O–H groups in total. The molecule has 0 aliphatic rings. The summed E-state index contributed by atoms with van der Waals surface area (Å²) in [4.78, 5) is 4.10. The fourth-order valence-electron chi connectivity index (χ4n) is 1.09. The van der Waals surface area contributed by atoms with Crippen LogP contribution in [0, 0.1) is 0 Å². The summed E-state index contributed by atoms with van der Waals surface area (Å²) >= 11 is 0. The minimum Gasteiger partial charge on any atom is -0.357 e. The summed E-state index contributed by atoms with van der Waals surface area (Å²) in [5.74, 6) is 1.04. The molecule has 0 fully saturated rings. The van der Waals surface area contributed by atoms with E-state index >= 15 is 0 Å². The lowest BCUT2D eigenvalue weighted by atomic mass is 10.3. The van der Waals surface area contributed by atoms with E-state index in [1.165, 1.54) is 0 Å². The maximum Gasteiger partial charge on any atom is 0.240 e. The van der Waals surface area contributed by atoms with E-state index in [4.69, 9.17) is 10.3 Å². The van der Waals surface area contributed by atoms with E-state index in [1.807, 2.05) is 30.1 Å². The van der Waals surface area contributed by atoms with E-state index in [9.17, 15) is 0 Å². The molecule has 5 nitrogen and oxygen atoms in total. The Hall–Kier alpha value is -1.62. The molecule has 0 aliphatic carbocycles. The monoisotopic (exact) mass is 178 g/mol. The van der Waals surface area contributed by atoms with Crippen LogP contribution >= 0.6 is 0 Å². The molecule has 2 rings (SSSR count). The van der Waals surface area contributed by atoms with Crippen LogP contribution in [0.2, 0.25) is 0 Å². The smallest absolute Gasteiger partial charge is 0.240 e. The van der Waals surface area contributed by atoms with E-state index in [1.54, 1.807) is 0 Å². The van der Waals surface area contributed by atoms with Crippen molar-refractivity contribution in [1.82, 2.24) is 14.7 Å². The second-order valence-corrected chi connectivity index (χ2v) is 2.78. The van der Waals surface area contributed by atoms with Gasteiger partial charge in [0.05, 0.1) is 6.54 Å². The van der Waals surface area contributed by atoms with E-state index in [-0.39, 0.29) is 6.54 Å². The lowest BCUT2D eigenvalue weighted by Gasteiger charge is -1.85. The Morgan fingerprint density at radius 2 is 2.46 bits per heavy atom. The largest absolute Gasteiger partial charge is 0.357 e. The van der Waals surface area contributed by atoms with Crippen molar-refractivity contribution in [3.63, 3.8) is 0 Å². The van der Waals surface area contributed by atoms with Gasteiger partial charge in [0.25, 0.3) is 0 Å². The molecule has 2 heterocycles. The minimum atomic E-state index is 0.278. The minimum absolute atomic E-state index is 0.278. The van der Waals surface area contributed by atoms with Gasteiger partial charge in [-0.3, -0.25) is 0 Å². The number of hydrogen-bond acceptors (Lipinski definition) is 4. The van der Waals surface area contributed by atoms with Crippen LogP contribution in [0.25, 0.3) is 11.4 Å². The van der Waals surface area contributed by atoms with E-state index in [2.05, 4.69) is 10.1 Å². The van der Waals surface area contributed by atoms with Gasteiger partial charge in [-0.1, -0.05) is 5.16 Å². The second kappa shape index (κ2) is 3.02. The maximum atomic E-state index is 5.34. The summed E-state index contributed by atoms with van der Waals surface area (Å²) < 4.78 is 6.81. The Morgan fingerprint density at radius 1 is 1.62 bits per heavy atom. The number of aromatic nitrogens is 3. The molecule has 5 heteroatoms. The highest BCUT2D eigenvalue weighted by Gasteiger charge is 2.07. The lowest BCUT2D eigenvalue weighted by molar-refractivity contribution is 0.380. The van der Waals surface area contributed by atoms with Gasteiger partial charge in [-0.05, 0) is 6.07 Å². The SMILES string of the molecule is Cn1ccc(-c2noc(CN)n2)c1. The molecule has 0 unspecified atom stereocenters. The highest BCUT2D eigenvalue weighted by molar-refractivity contribution is 5.52. The van der Waals surface area contributed by atoms with Crippen LogP contribution in [-0.2, 0) is 13.6 Å². The maximum absolute atomic E-state index is 5.34. The predicted molar refractivity (Wildman–Crippen MR) is 46.6 cm³/mol. The van der Waals surface area contributed by atoms with Gasteiger partial charge in [0.1, 0.15) is 0 Å². The van der Waals surface area contributed by atoms with Gasteiger partial charge < -0.3 is 14.8 Å². The summed E-state index contributed by atoms with van der Waals surface area (Å²) in [6, 6.07) is 1.92. The molecule has 0 saturated heterocycles. The van der Waals surface area contributed by atoms with Crippen molar-refractivity contribution >= 4 is 0 Å². The first-order valence-corrected chi connectivity index (χ1v) is 3.94. The fourth-order valence-corrected chi connectivity index (χ4v) is 1.09. The first-order chi connectivity index (χ1) is 6.29. The molecule has 68 valence electrons. The highest BCUT2D eigenvalue weighted by atomic mass is 16.5. The molecule has 0 saturated carbocycles. The van der Waals surface area contributed by atoms with Crippen molar-refractivity contribution in [3.05, 3.63) is 24.4 Å². The van der Waals surface area contributed by atoms with Crippen molar-refractivity contribution in [3.8, 4) is 11.4 Å². The van der Waals surface area contributed by atoms with Crippen molar-refractivity contribution in [2.45, 2.75) is 6.54 Å². The zero-order valence-electron chi connectivity index (χ0n) is 7.27. The highest BCUT2D eigenvalue weighted by Crippen LogP contribution is 2.14. The van der Waals surface area contributed by atoms with Crippen molar-refractivity contribution < 1.29 is 4.52 Å². The van der Waals surface area contributed by atoms with Gasteiger partial charge >= 0.3 is 0 Å². The van der Waals surface area contributed by atoms with Crippen LogP contribution in [0.5, 0.6) is 0 Å². The van der Waals surface area contributed by atoms with Gasteiger partial charge in [-0.2, -0.15) is 4.98 Å². The van der Waals surface area contributed by atoms with Gasteiger partial charge in [0.2, 0.25) is 11.7 Å². The standard InChI is InChI=1S/C8H10N4O/c1-12-3-2-6(5-12)8-10-7(4-9)13-11-8/h2-3,5H,4,9H2,1H3. The van der Waals surface area contributed by atoms with Crippen LogP contribution in [0.1, 0.15) is 5.89 Å². The first-order valence-electron chi connectivity index (χ1n) is 3.94. The summed E-state index contributed by atoms with van der Waals surface area (Å²) in [6.45, 7) is 0.278. The Bertz CT molecular complexity index is 404. The van der Waals surface area contributed by atoms with E-state index in [0.717, 1.165) is 5.56 Å². The molecular weight excluding hydrogens is 168 g/mol. The van der Waals surface area contributed by atoms with Gasteiger partial charge in [-0.25, -0.2) is 0 Å². The molecular formula is C8H10N4O. The quantitative estimate of drug-likeness (QED) is 0.728. The number of hydrogen-bond donors (Lipinski definition) is 1. The van der Waals surface area contributed by atoms with Gasteiger partial charge in [-0.15, -0.1) is 0 Å². The van der Waals surface area contributed by atoms with Crippen molar-refractivity contribution in [2.75, 3.05) is 0 Å². The van der Waals surface area contributed by atoms with Gasteiger partial charge in [0, 0.05) is 25.0 Å². The molecule has 0 radical (unpaired) electrons. The molecule has 2 aromatic rings. The molecule has 2 aromatic heterocycles. The molecule has 0 amide bonds. The second-order valence-electron chi connectivity index (χ2n) is 2.78. The normalized spacial score (nSPS) is 10.6. The lowest BCUT2D eigenvalue weighted by Crippen LogP contribution is -1.95. The molecule has 0 aromatic carbocycles. The number of rotatable bonds is 2. The van der Waals surface area contributed by atoms with Gasteiger partial charge in [0.15, 0.2) is 0 Å². The van der Waals surface area contributed by atoms with E-state index < -0.39 is 0 Å². The van der Waals surface area contributed by atoms with Crippen LogP contribution < -0.4 is 5.73 Å². The average Bonchev–Trinajstić information content (AvgIpc) is 2.71. The van der Waals surface area contributed by atoms with Crippen LogP contribution in [0.15, 0.2) is 23.0 Å². The molecule has 0 atom stereocenters. The summed E-state index contributed by atoms with van der Waals surface area (Å²) in [5.41, 5.74) is 6.28. The van der Waals surface area contributed by atoms with Crippen LogP contribution in [-0.4, -0.2) is 14.7 Å². The average molecular weight is 178 g/mol.